The molecule has 102 valence electrons. The van der Waals surface area contributed by atoms with E-state index < -0.39 is 24.7 Å². The first-order chi connectivity index (χ1) is 7.80. The fourth-order valence-electron chi connectivity index (χ4n) is 1.41. The minimum Gasteiger partial charge on any atom is -0.465 e. The molecule has 0 aromatic carbocycles. The van der Waals surface area contributed by atoms with Gasteiger partial charge in [0.1, 0.15) is 6.04 Å². The third kappa shape index (κ3) is 7.98. The van der Waals surface area contributed by atoms with Crippen LogP contribution in [-0.4, -0.2) is 49.3 Å². The van der Waals surface area contributed by atoms with E-state index >= 15 is 0 Å². The van der Waals surface area contributed by atoms with E-state index in [9.17, 15) is 18.0 Å². The monoisotopic (exact) mass is 256 g/mol. The molecule has 0 radical (unpaired) electrons. The lowest BCUT2D eigenvalue weighted by molar-refractivity contribution is -0.153. The van der Waals surface area contributed by atoms with Gasteiger partial charge in [-0.25, -0.2) is 0 Å². The van der Waals surface area contributed by atoms with Crippen LogP contribution < -0.4 is 5.73 Å². The maximum atomic E-state index is 12.2. The number of rotatable bonds is 7. The van der Waals surface area contributed by atoms with Crippen LogP contribution in [0.25, 0.3) is 0 Å². The first-order valence-corrected chi connectivity index (χ1v) is 5.51. The summed E-state index contributed by atoms with van der Waals surface area (Å²) in [4.78, 5) is 12.3. The predicted molar refractivity (Wildman–Crippen MR) is 57.4 cm³/mol. The van der Waals surface area contributed by atoms with Crippen molar-refractivity contribution in [2.45, 2.75) is 32.5 Å². The van der Waals surface area contributed by atoms with Crippen LogP contribution in [0.5, 0.6) is 0 Å². The average Bonchev–Trinajstić information content (AvgIpc) is 2.15. The Labute approximate surface area is 98.9 Å². The third-order valence-corrected chi connectivity index (χ3v) is 1.99. The average molecular weight is 256 g/mol. The van der Waals surface area contributed by atoms with E-state index in [2.05, 4.69) is 4.74 Å². The number of carbonyl (C=O) groups excluding carboxylic acids is 1. The smallest absolute Gasteiger partial charge is 0.401 e. The number of carbonyl (C=O) groups is 1. The van der Waals surface area contributed by atoms with Crippen LogP contribution in [0.4, 0.5) is 13.2 Å². The van der Waals surface area contributed by atoms with Crippen molar-refractivity contribution in [2.75, 3.05) is 26.2 Å². The molecule has 0 aromatic rings. The maximum Gasteiger partial charge on any atom is 0.401 e. The van der Waals surface area contributed by atoms with Crippen molar-refractivity contribution in [3.05, 3.63) is 0 Å². The molecule has 0 fully saturated rings. The number of nitrogens with zero attached hydrogens (tertiary/aromatic N) is 1. The first-order valence-electron chi connectivity index (χ1n) is 5.51. The molecule has 4 nitrogen and oxygen atoms in total. The number of ether oxygens (including phenoxy) is 1. The molecule has 0 amide bonds. The van der Waals surface area contributed by atoms with E-state index in [0.29, 0.717) is 6.42 Å². The summed E-state index contributed by atoms with van der Waals surface area (Å²) in [5, 5.41) is 0. The highest BCUT2D eigenvalue weighted by molar-refractivity contribution is 5.75. The van der Waals surface area contributed by atoms with E-state index in [4.69, 9.17) is 5.73 Å². The molecular weight excluding hydrogens is 237 g/mol. The number of nitrogens with two attached hydrogens (primary N) is 1. The molecule has 0 spiro atoms. The fraction of sp³-hybridized carbons (Fsp3) is 0.900. The van der Waals surface area contributed by atoms with Gasteiger partial charge in [0.05, 0.1) is 13.2 Å². The molecular formula is C10H19F3N2O2. The van der Waals surface area contributed by atoms with Crippen LogP contribution in [0.2, 0.25) is 0 Å². The zero-order chi connectivity index (χ0) is 13.5. The van der Waals surface area contributed by atoms with Crippen molar-refractivity contribution < 1.29 is 22.7 Å². The van der Waals surface area contributed by atoms with Crippen molar-refractivity contribution in [3.63, 3.8) is 0 Å². The summed E-state index contributed by atoms with van der Waals surface area (Å²) in [6.45, 7) is 2.58. The topological polar surface area (TPSA) is 55.6 Å². The standard InChI is InChI=1S/C10H19F3N2O2/c1-3-5-15(7-10(11,12)13)6-8(14)9(16)17-4-2/h8H,3-7,14H2,1-2H3. The summed E-state index contributed by atoms with van der Waals surface area (Å²) in [5.74, 6) is -0.671. The molecule has 0 aromatic heterocycles. The van der Waals surface area contributed by atoms with Gasteiger partial charge < -0.3 is 10.5 Å². The molecule has 0 heterocycles. The van der Waals surface area contributed by atoms with Crippen LogP contribution in [0.1, 0.15) is 20.3 Å². The first kappa shape index (κ1) is 16.2. The summed E-state index contributed by atoms with van der Waals surface area (Å²) < 4.78 is 41.3. The molecule has 1 atom stereocenters. The number of hydrogen-bond donors (Lipinski definition) is 1. The zero-order valence-corrected chi connectivity index (χ0v) is 10.1. The Kier molecular flexibility index (Phi) is 7.13. The fourth-order valence-corrected chi connectivity index (χ4v) is 1.41. The Morgan fingerprint density at radius 1 is 1.41 bits per heavy atom. The van der Waals surface area contributed by atoms with Gasteiger partial charge in [0.25, 0.3) is 0 Å². The van der Waals surface area contributed by atoms with Gasteiger partial charge >= 0.3 is 12.1 Å². The normalized spacial score (nSPS) is 13.8. The van der Waals surface area contributed by atoms with Crippen LogP contribution in [0.3, 0.4) is 0 Å². The summed E-state index contributed by atoms with van der Waals surface area (Å²) in [7, 11) is 0. The van der Waals surface area contributed by atoms with Gasteiger partial charge in [-0.05, 0) is 19.9 Å². The second-order valence-corrected chi connectivity index (χ2v) is 3.71. The van der Waals surface area contributed by atoms with Crippen molar-refractivity contribution in [2.24, 2.45) is 5.73 Å². The van der Waals surface area contributed by atoms with Crippen molar-refractivity contribution >= 4 is 5.97 Å². The summed E-state index contributed by atoms with van der Waals surface area (Å²) in [6, 6.07) is -1.04. The number of halogens is 3. The molecule has 17 heavy (non-hydrogen) atoms. The molecule has 0 aliphatic carbocycles. The summed E-state index contributed by atoms with van der Waals surface area (Å²) in [5.41, 5.74) is 5.47. The predicted octanol–water partition coefficient (Wildman–Crippen LogP) is 1.15. The molecule has 0 aliphatic rings. The van der Waals surface area contributed by atoms with Gasteiger partial charge in [0.2, 0.25) is 0 Å². The largest absolute Gasteiger partial charge is 0.465 e. The van der Waals surface area contributed by atoms with E-state index in [-0.39, 0.29) is 19.7 Å². The van der Waals surface area contributed by atoms with Crippen LogP contribution in [-0.2, 0) is 9.53 Å². The Hall–Kier alpha value is -0.820. The zero-order valence-electron chi connectivity index (χ0n) is 10.1. The maximum absolute atomic E-state index is 12.2. The highest BCUT2D eigenvalue weighted by atomic mass is 19.4. The highest BCUT2D eigenvalue weighted by Gasteiger charge is 2.31. The van der Waals surface area contributed by atoms with Gasteiger partial charge in [0, 0.05) is 6.54 Å². The lowest BCUT2D eigenvalue weighted by atomic mass is 10.2. The van der Waals surface area contributed by atoms with Crippen LogP contribution >= 0.6 is 0 Å². The summed E-state index contributed by atoms with van der Waals surface area (Å²) >= 11 is 0. The van der Waals surface area contributed by atoms with Gasteiger partial charge in [-0.1, -0.05) is 6.92 Å². The van der Waals surface area contributed by atoms with Crippen molar-refractivity contribution in [3.8, 4) is 0 Å². The molecule has 2 N–H and O–H groups in total. The Morgan fingerprint density at radius 3 is 2.41 bits per heavy atom. The van der Waals surface area contributed by atoms with E-state index in [1.165, 1.54) is 0 Å². The minimum absolute atomic E-state index is 0.147. The van der Waals surface area contributed by atoms with E-state index in [0.717, 1.165) is 4.90 Å². The molecule has 0 rings (SSSR count). The van der Waals surface area contributed by atoms with Crippen LogP contribution in [0, 0.1) is 0 Å². The lowest BCUT2D eigenvalue weighted by Gasteiger charge is -2.25. The number of esters is 1. The second kappa shape index (κ2) is 7.50. The molecule has 1 unspecified atom stereocenters. The lowest BCUT2D eigenvalue weighted by Crippen LogP contribution is -2.46. The minimum atomic E-state index is -4.29. The van der Waals surface area contributed by atoms with E-state index in [1.54, 1.807) is 13.8 Å². The third-order valence-electron chi connectivity index (χ3n) is 1.99. The van der Waals surface area contributed by atoms with E-state index in [1.807, 2.05) is 0 Å². The molecule has 7 heteroatoms. The Bertz CT molecular complexity index is 234. The second-order valence-electron chi connectivity index (χ2n) is 3.71. The SMILES string of the molecule is CCCN(CC(N)C(=O)OCC)CC(F)(F)F. The van der Waals surface area contributed by atoms with Gasteiger partial charge in [-0.3, -0.25) is 9.69 Å². The van der Waals surface area contributed by atoms with Gasteiger partial charge in [0.15, 0.2) is 0 Å². The van der Waals surface area contributed by atoms with Crippen molar-refractivity contribution in [1.29, 1.82) is 0 Å². The Balaban J connectivity index is 4.28. The Morgan fingerprint density at radius 2 is 2.00 bits per heavy atom. The molecule has 0 bridgehead atoms. The summed E-state index contributed by atoms with van der Waals surface area (Å²) in [6.07, 6.45) is -3.73. The van der Waals surface area contributed by atoms with Gasteiger partial charge in [-0.15, -0.1) is 0 Å². The molecule has 0 saturated heterocycles. The number of alkyl halides is 3. The molecule has 0 aliphatic heterocycles. The van der Waals surface area contributed by atoms with Gasteiger partial charge in [-0.2, -0.15) is 13.2 Å². The van der Waals surface area contributed by atoms with Crippen molar-refractivity contribution in [1.82, 2.24) is 4.90 Å². The number of hydrogen-bond acceptors (Lipinski definition) is 4. The van der Waals surface area contributed by atoms with Crippen LogP contribution in [0.15, 0.2) is 0 Å². The molecule has 0 saturated carbocycles. The quantitative estimate of drug-likeness (QED) is 0.694. The highest BCUT2D eigenvalue weighted by Crippen LogP contribution is 2.16.